The molecule has 0 spiro atoms. The number of aromatic nitrogens is 3. The van der Waals surface area contributed by atoms with Gasteiger partial charge in [-0.2, -0.15) is 0 Å². The number of ether oxygens (including phenoxy) is 2. The van der Waals surface area contributed by atoms with Crippen LogP contribution in [0.25, 0.3) is 33.5 Å². The minimum Gasteiger partial charge on any atom is -0.429 e. The van der Waals surface area contributed by atoms with Crippen LogP contribution in [0.5, 0.6) is 11.5 Å². The summed E-state index contributed by atoms with van der Waals surface area (Å²) in [6.45, 7) is 5.06. The van der Waals surface area contributed by atoms with E-state index in [1.165, 1.54) is 11.8 Å². The van der Waals surface area contributed by atoms with Crippen LogP contribution in [0.15, 0.2) is 60.9 Å². The van der Waals surface area contributed by atoms with E-state index in [2.05, 4.69) is 35.9 Å². The molecule has 0 aliphatic heterocycles. The Morgan fingerprint density at radius 1 is 0.844 bits per heavy atom. The van der Waals surface area contributed by atoms with Crippen LogP contribution in [-0.2, 0) is 16.0 Å². The molecule has 0 aliphatic carbocycles. The summed E-state index contributed by atoms with van der Waals surface area (Å²) in [7, 11) is 0. The summed E-state index contributed by atoms with van der Waals surface area (Å²) in [4.78, 5) is 35.5. The summed E-state index contributed by atoms with van der Waals surface area (Å²) in [6, 6.07) is 14.6. The van der Waals surface area contributed by atoms with Crippen molar-refractivity contribution >= 4 is 23.8 Å². The van der Waals surface area contributed by atoms with Crippen molar-refractivity contribution in [2.45, 2.75) is 20.3 Å². The van der Waals surface area contributed by atoms with Crippen LogP contribution >= 0.6 is 0 Å². The summed E-state index contributed by atoms with van der Waals surface area (Å²) in [5.41, 5.74) is 4.33. The van der Waals surface area contributed by atoms with Gasteiger partial charge < -0.3 is 9.47 Å². The lowest BCUT2D eigenvalue weighted by Gasteiger charge is -2.13. The minimum atomic E-state index is 0.321. The molecule has 1 aromatic carbocycles. The Balaban J connectivity index is 1.92. The Labute approximate surface area is 185 Å². The molecule has 0 amide bonds. The van der Waals surface area contributed by atoms with Crippen molar-refractivity contribution in [3.8, 4) is 34.1 Å². The smallest absolute Gasteiger partial charge is 0.298 e. The topological polar surface area (TPSA) is 91.3 Å². The molecule has 7 heteroatoms. The molecule has 4 aromatic rings. The molecule has 0 aliphatic rings. The first-order valence-corrected chi connectivity index (χ1v) is 10.1. The Bertz CT molecular complexity index is 1290. The average molecular weight is 427 g/mol. The molecular weight excluding hydrogens is 406 g/mol. The van der Waals surface area contributed by atoms with Gasteiger partial charge in [0.25, 0.3) is 12.9 Å². The molecule has 7 nitrogen and oxygen atoms in total. The largest absolute Gasteiger partial charge is 0.429 e. The SMILES string of the molecule is CC(C)Cc1cc(-c2cc(OC=O)cc(-c3cc(OC=O)ccn3)n2)c2ncccc2c1. The fourth-order valence-corrected chi connectivity index (χ4v) is 3.62. The highest BCUT2D eigenvalue weighted by molar-refractivity contribution is 5.94. The number of carbonyl (C=O) groups excluding carboxylic acids is 2. The molecule has 3 heterocycles. The van der Waals surface area contributed by atoms with Gasteiger partial charge in [-0.25, -0.2) is 4.98 Å². The second kappa shape index (κ2) is 9.34. The van der Waals surface area contributed by atoms with Gasteiger partial charge in [0.05, 0.1) is 22.6 Å². The van der Waals surface area contributed by atoms with Gasteiger partial charge in [-0.15, -0.1) is 0 Å². The molecule has 4 rings (SSSR count). The molecule has 0 atom stereocenters. The van der Waals surface area contributed by atoms with Crippen LogP contribution in [0.2, 0.25) is 0 Å². The predicted octanol–water partition coefficient (Wildman–Crippen LogP) is 4.63. The van der Waals surface area contributed by atoms with E-state index in [-0.39, 0.29) is 0 Å². The molecule has 0 bridgehead atoms. The maximum Gasteiger partial charge on any atom is 0.298 e. The van der Waals surface area contributed by atoms with Gasteiger partial charge in [-0.1, -0.05) is 19.9 Å². The van der Waals surface area contributed by atoms with Crippen molar-refractivity contribution in [2.24, 2.45) is 5.92 Å². The number of hydrogen-bond acceptors (Lipinski definition) is 7. The fourth-order valence-electron chi connectivity index (χ4n) is 3.62. The number of nitrogens with zero attached hydrogens (tertiary/aromatic N) is 3. The summed E-state index contributed by atoms with van der Waals surface area (Å²) in [5.74, 6) is 1.14. The lowest BCUT2D eigenvalue weighted by atomic mass is 9.96. The van der Waals surface area contributed by atoms with E-state index in [9.17, 15) is 9.59 Å². The van der Waals surface area contributed by atoms with E-state index >= 15 is 0 Å². The summed E-state index contributed by atoms with van der Waals surface area (Å²) in [6.07, 6.45) is 4.16. The second-order valence-corrected chi connectivity index (χ2v) is 7.69. The maximum absolute atomic E-state index is 11.1. The number of hydrogen-bond donors (Lipinski definition) is 0. The first-order chi connectivity index (χ1) is 15.6. The third kappa shape index (κ3) is 4.62. The monoisotopic (exact) mass is 427 g/mol. The minimum absolute atomic E-state index is 0.321. The van der Waals surface area contributed by atoms with Crippen LogP contribution in [-0.4, -0.2) is 27.9 Å². The van der Waals surface area contributed by atoms with Crippen LogP contribution in [0.4, 0.5) is 0 Å². The van der Waals surface area contributed by atoms with Gasteiger partial charge in [0.2, 0.25) is 0 Å². The first-order valence-electron chi connectivity index (χ1n) is 10.1. The lowest BCUT2D eigenvalue weighted by Crippen LogP contribution is -1.99. The predicted molar refractivity (Wildman–Crippen MR) is 120 cm³/mol. The molecule has 32 heavy (non-hydrogen) atoms. The van der Waals surface area contributed by atoms with Crippen LogP contribution in [0, 0.1) is 5.92 Å². The fraction of sp³-hybridized carbons (Fsp3) is 0.160. The van der Waals surface area contributed by atoms with Gasteiger partial charge in [0, 0.05) is 41.5 Å². The zero-order chi connectivity index (χ0) is 22.5. The highest BCUT2D eigenvalue weighted by atomic mass is 16.5. The van der Waals surface area contributed by atoms with Gasteiger partial charge in [-0.05, 0) is 42.2 Å². The van der Waals surface area contributed by atoms with Gasteiger partial charge >= 0.3 is 0 Å². The molecule has 0 radical (unpaired) electrons. The molecule has 3 aromatic heterocycles. The highest BCUT2D eigenvalue weighted by Gasteiger charge is 2.14. The van der Waals surface area contributed by atoms with Crippen molar-refractivity contribution in [3.63, 3.8) is 0 Å². The van der Waals surface area contributed by atoms with Crippen molar-refractivity contribution in [1.29, 1.82) is 0 Å². The summed E-state index contributed by atoms with van der Waals surface area (Å²) in [5, 5.41) is 1.00. The summed E-state index contributed by atoms with van der Waals surface area (Å²) >= 11 is 0. The molecular formula is C25H21N3O4. The average Bonchev–Trinajstić information content (AvgIpc) is 2.78. The molecule has 0 saturated carbocycles. The molecule has 0 unspecified atom stereocenters. The van der Waals surface area contributed by atoms with E-state index in [1.807, 2.05) is 12.1 Å². The van der Waals surface area contributed by atoms with Gasteiger partial charge in [0.15, 0.2) is 0 Å². The van der Waals surface area contributed by atoms with Crippen molar-refractivity contribution < 1.29 is 19.1 Å². The van der Waals surface area contributed by atoms with Crippen LogP contribution < -0.4 is 9.47 Å². The Hall–Kier alpha value is -4.13. The van der Waals surface area contributed by atoms with Crippen LogP contribution in [0.3, 0.4) is 0 Å². The van der Waals surface area contributed by atoms with E-state index in [0.29, 0.717) is 47.4 Å². The van der Waals surface area contributed by atoms with E-state index in [4.69, 9.17) is 14.5 Å². The highest BCUT2D eigenvalue weighted by Crippen LogP contribution is 2.33. The third-order valence-corrected chi connectivity index (χ3v) is 4.85. The molecule has 0 N–H and O–H groups in total. The number of pyridine rings is 3. The van der Waals surface area contributed by atoms with Gasteiger partial charge in [0.1, 0.15) is 11.5 Å². The number of rotatable bonds is 8. The summed E-state index contributed by atoms with van der Waals surface area (Å²) < 4.78 is 10.1. The first kappa shape index (κ1) is 21.1. The Morgan fingerprint density at radius 3 is 2.38 bits per heavy atom. The maximum atomic E-state index is 11.1. The van der Waals surface area contributed by atoms with E-state index in [1.54, 1.807) is 30.5 Å². The Kier molecular flexibility index (Phi) is 6.17. The molecule has 0 fully saturated rings. The van der Waals surface area contributed by atoms with Crippen molar-refractivity contribution in [3.05, 3.63) is 66.5 Å². The van der Waals surface area contributed by atoms with E-state index < -0.39 is 0 Å². The van der Waals surface area contributed by atoms with Gasteiger partial charge in [-0.3, -0.25) is 19.6 Å². The number of benzene rings is 1. The third-order valence-electron chi connectivity index (χ3n) is 4.85. The van der Waals surface area contributed by atoms with Crippen molar-refractivity contribution in [1.82, 2.24) is 15.0 Å². The second-order valence-electron chi connectivity index (χ2n) is 7.69. The van der Waals surface area contributed by atoms with Crippen LogP contribution in [0.1, 0.15) is 19.4 Å². The van der Waals surface area contributed by atoms with E-state index in [0.717, 1.165) is 22.9 Å². The molecule has 0 saturated heterocycles. The molecule has 160 valence electrons. The number of fused-ring (bicyclic) bond motifs is 1. The zero-order valence-corrected chi connectivity index (χ0v) is 17.7. The Morgan fingerprint density at radius 2 is 1.59 bits per heavy atom. The van der Waals surface area contributed by atoms with Crippen molar-refractivity contribution in [2.75, 3.05) is 0 Å². The standard InChI is InChI=1S/C25H21N3O4/c1-16(2)8-17-9-18-4-3-6-27-25(18)21(10-17)22-12-20(32-15-30)13-24(28-22)23-11-19(31-14-29)5-7-26-23/h3-7,9-16H,8H2,1-2H3. The number of carbonyl (C=O) groups is 2. The normalized spacial score (nSPS) is 10.8. The zero-order valence-electron chi connectivity index (χ0n) is 17.7. The quantitative estimate of drug-likeness (QED) is 0.379. The lowest BCUT2D eigenvalue weighted by molar-refractivity contribution is -0.121.